The van der Waals surface area contributed by atoms with Gasteiger partial charge in [-0.2, -0.15) is 0 Å². The van der Waals surface area contributed by atoms with Gasteiger partial charge in [-0.15, -0.1) is 0 Å². The van der Waals surface area contributed by atoms with Gasteiger partial charge in [0, 0.05) is 21.5 Å². The van der Waals surface area contributed by atoms with Crippen LogP contribution in [0.3, 0.4) is 0 Å². The summed E-state index contributed by atoms with van der Waals surface area (Å²) in [7, 11) is 0. The Hall–Kier alpha value is -2.21. The molecule has 3 aromatic rings. The monoisotopic (exact) mass is 365 g/mol. The van der Waals surface area contributed by atoms with Crippen LogP contribution in [0.2, 0.25) is 5.02 Å². The van der Waals surface area contributed by atoms with E-state index in [1.54, 1.807) is 0 Å². The van der Waals surface area contributed by atoms with E-state index in [1.807, 2.05) is 54.6 Å². The van der Waals surface area contributed by atoms with Crippen molar-refractivity contribution >= 4 is 45.1 Å². The third-order valence-electron chi connectivity index (χ3n) is 4.37. The highest BCUT2D eigenvalue weighted by atomic mass is 35.5. The zero-order valence-corrected chi connectivity index (χ0v) is 14.5. The lowest BCUT2D eigenvalue weighted by molar-refractivity contribution is 0.167. The molecule has 0 amide bonds. The summed E-state index contributed by atoms with van der Waals surface area (Å²) in [5.74, 6) is 0.626. The van der Waals surface area contributed by atoms with Crippen molar-refractivity contribution in [2.75, 3.05) is 0 Å². The number of pyridine rings is 1. The molecular formula is C19H12ClN3OS. The minimum Gasteiger partial charge on any atom is -0.386 e. The van der Waals surface area contributed by atoms with Gasteiger partial charge in [-0.3, -0.25) is 4.99 Å². The van der Waals surface area contributed by atoms with Crippen LogP contribution in [0.4, 0.5) is 0 Å². The van der Waals surface area contributed by atoms with Gasteiger partial charge in [0.05, 0.1) is 5.52 Å². The van der Waals surface area contributed by atoms with E-state index in [2.05, 4.69) is 15.0 Å². The molecule has 0 spiro atoms. The number of rotatable bonds is 1. The lowest BCUT2D eigenvalue weighted by Crippen LogP contribution is -2.27. The minimum atomic E-state index is -0.739. The molecule has 122 valence electrons. The highest BCUT2D eigenvalue weighted by Gasteiger charge is 2.38. The topological polar surface area (TPSA) is 57.8 Å². The maximum atomic E-state index is 10.8. The van der Waals surface area contributed by atoms with Gasteiger partial charge >= 0.3 is 0 Å². The summed E-state index contributed by atoms with van der Waals surface area (Å²) in [6.07, 6.45) is -0.739. The molecule has 2 aromatic carbocycles. The maximum absolute atomic E-state index is 10.8. The fourth-order valence-electron chi connectivity index (χ4n) is 3.09. The number of aliphatic hydroxyl groups is 1. The van der Waals surface area contributed by atoms with Crippen LogP contribution in [0.1, 0.15) is 17.2 Å². The smallest absolute Gasteiger partial charge is 0.156 e. The summed E-state index contributed by atoms with van der Waals surface area (Å²) < 4.78 is 0. The van der Waals surface area contributed by atoms with Crippen molar-refractivity contribution in [2.45, 2.75) is 17.2 Å². The van der Waals surface area contributed by atoms with Crippen LogP contribution in [0.25, 0.3) is 10.9 Å². The second kappa shape index (κ2) is 5.66. The molecule has 0 saturated carbocycles. The number of aliphatic imine (C=N–C) groups is 2. The number of benzene rings is 2. The van der Waals surface area contributed by atoms with Crippen molar-refractivity contribution in [1.29, 1.82) is 0 Å². The van der Waals surface area contributed by atoms with Crippen molar-refractivity contribution in [3.05, 3.63) is 70.7 Å². The molecule has 0 unspecified atom stereocenters. The highest BCUT2D eigenvalue weighted by molar-refractivity contribution is 8.14. The Bertz CT molecular complexity index is 1060. The van der Waals surface area contributed by atoms with E-state index in [4.69, 9.17) is 11.6 Å². The molecule has 2 atom stereocenters. The van der Waals surface area contributed by atoms with Gasteiger partial charge < -0.3 is 5.11 Å². The van der Waals surface area contributed by atoms with Crippen LogP contribution in [0.5, 0.6) is 0 Å². The average molecular weight is 366 g/mol. The summed E-state index contributed by atoms with van der Waals surface area (Å²) in [4.78, 5) is 14.0. The summed E-state index contributed by atoms with van der Waals surface area (Å²) in [5, 5.41) is 14.1. The number of hydrogen-bond donors (Lipinski definition) is 1. The van der Waals surface area contributed by atoms with Gasteiger partial charge in [-0.1, -0.05) is 41.6 Å². The first-order valence-corrected chi connectivity index (χ1v) is 9.06. The maximum Gasteiger partial charge on any atom is 0.156 e. The van der Waals surface area contributed by atoms with Crippen molar-refractivity contribution in [2.24, 2.45) is 9.98 Å². The molecule has 0 fully saturated rings. The van der Waals surface area contributed by atoms with Crippen LogP contribution in [0.15, 0.2) is 69.6 Å². The Labute approximate surface area is 153 Å². The van der Waals surface area contributed by atoms with Crippen LogP contribution < -0.4 is 0 Å². The summed E-state index contributed by atoms with van der Waals surface area (Å²) in [5.41, 5.74) is 2.62. The lowest BCUT2D eigenvalue weighted by atomic mass is 10.0. The Morgan fingerprint density at radius 1 is 1.04 bits per heavy atom. The average Bonchev–Trinajstić information content (AvgIpc) is 3.05. The van der Waals surface area contributed by atoms with Gasteiger partial charge in [0.15, 0.2) is 5.84 Å². The molecular weight excluding hydrogens is 354 g/mol. The molecule has 4 nitrogen and oxygen atoms in total. The molecule has 1 aromatic heterocycles. The summed E-state index contributed by atoms with van der Waals surface area (Å²) in [6, 6.07) is 16.9. The first-order valence-electron chi connectivity index (χ1n) is 7.87. The van der Waals surface area contributed by atoms with Crippen molar-refractivity contribution in [3.63, 3.8) is 0 Å². The molecule has 3 heterocycles. The Morgan fingerprint density at radius 3 is 2.68 bits per heavy atom. The number of amidine groups is 1. The first-order chi connectivity index (χ1) is 12.2. The van der Waals surface area contributed by atoms with Crippen molar-refractivity contribution in [1.82, 2.24) is 4.98 Å². The van der Waals surface area contributed by atoms with E-state index in [-0.39, 0.29) is 6.04 Å². The van der Waals surface area contributed by atoms with E-state index >= 15 is 0 Å². The van der Waals surface area contributed by atoms with Gasteiger partial charge in [0.1, 0.15) is 22.2 Å². The zero-order valence-electron chi connectivity index (χ0n) is 12.9. The van der Waals surface area contributed by atoms with Crippen molar-refractivity contribution in [3.8, 4) is 0 Å². The van der Waals surface area contributed by atoms with Gasteiger partial charge in [-0.05, 0) is 36.4 Å². The molecule has 2 aliphatic heterocycles. The van der Waals surface area contributed by atoms with E-state index in [9.17, 15) is 5.11 Å². The highest BCUT2D eigenvalue weighted by Crippen LogP contribution is 2.42. The predicted octanol–water partition coefficient (Wildman–Crippen LogP) is 4.25. The number of para-hydroxylation sites is 1. The Morgan fingerprint density at radius 2 is 1.84 bits per heavy atom. The number of aliphatic hydroxyl groups excluding tert-OH is 1. The van der Waals surface area contributed by atoms with E-state index in [1.165, 1.54) is 11.8 Å². The second-order valence-corrected chi connectivity index (χ2v) is 7.42. The number of nitrogens with zero attached hydrogens (tertiary/aromatic N) is 3. The minimum absolute atomic E-state index is 0.369. The quantitative estimate of drug-likeness (QED) is 0.701. The van der Waals surface area contributed by atoms with Gasteiger partial charge in [0.2, 0.25) is 0 Å². The van der Waals surface area contributed by atoms with Crippen LogP contribution in [-0.2, 0) is 0 Å². The standard InChI is InChI=1S/C19H12ClN3OS/c20-12-7-5-10(6-8-12)17-22-15-16(24)13-9-11-3-1-2-4-14(11)21-18(13)25-19(15)23-17/h1-9,15-16,24H/t15-,16-/m1/s1. The fraction of sp³-hybridized carbons (Fsp3) is 0.105. The van der Waals surface area contributed by atoms with E-state index in [0.29, 0.717) is 10.9 Å². The number of hydrogen-bond acceptors (Lipinski definition) is 5. The normalized spacial score (nSPS) is 21.5. The fourth-order valence-corrected chi connectivity index (χ4v) is 4.29. The Kier molecular flexibility index (Phi) is 3.41. The number of halogens is 1. The SMILES string of the molecule is O[C@@H]1c2cc3ccccc3nc2SC2=NC(c3ccc(Cl)cc3)=N[C@@H]21. The Balaban J connectivity index is 1.58. The third-order valence-corrected chi connectivity index (χ3v) is 5.68. The summed E-state index contributed by atoms with van der Waals surface area (Å²) >= 11 is 7.43. The predicted molar refractivity (Wildman–Crippen MR) is 102 cm³/mol. The largest absolute Gasteiger partial charge is 0.386 e. The molecule has 1 N–H and O–H groups in total. The van der Waals surface area contributed by atoms with Crippen LogP contribution >= 0.6 is 23.4 Å². The van der Waals surface area contributed by atoms with Gasteiger partial charge in [0.25, 0.3) is 0 Å². The molecule has 0 bridgehead atoms. The first kappa shape index (κ1) is 15.1. The number of thioether (sulfide) groups is 1. The molecule has 0 saturated heterocycles. The second-order valence-electron chi connectivity index (χ2n) is 5.98. The molecule has 2 aliphatic rings. The van der Waals surface area contributed by atoms with Crippen LogP contribution in [-0.4, -0.2) is 27.0 Å². The molecule has 6 heteroatoms. The number of fused-ring (bicyclic) bond motifs is 3. The van der Waals surface area contributed by atoms with E-state index in [0.717, 1.165) is 32.1 Å². The molecule has 5 rings (SSSR count). The number of aromatic nitrogens is 1. The van der Waals surface area contributed by atoms with Crippen molar-refractivity contribution < 1.29 is 5.11 Å². The molecule has 0 aliphatic carbocycles. The van der Waals surface area contributed by atoms with E-state index < -0.39 is 6.10 Å². The summed E-state index contributed by atoms with van der Waals surface area (Å²) in [6.45, 7) is 0. The van der Waals surface area contributed by atoms with Gasteiger partial charge in [-0.25, -0.2) is 9.98 Å². The lowest BCUT2D eigenvalue weighted by Gasteiger charge is -2.25. The molecule has 25 heavy (non-hydrogen) atoms. The third kappa shape index (κ3) is 2.47. The van der Waals surface area contributed by atoms with Crippen LogP contribution in [0, 0.1) is 0 Å². The molecule has 0 radical (unpaired) electrons. The zero-order chi connectivity index (χ0) is 17.0.